The zero-order valence-electron chi connectivity index (χ0n) is 7.06. The van der Waals surface area contributed by atoms with Crippen LogP contribution in [0.25, 0.3) is 0 Å². The van der Waals surface area contributed by atoms with E-state index in [9.17, 15) is 4.79 Å². The highest BCUT2D eigenvalue weighted by atomic mass is 16.8. The molecule has 5 nitrogen and oxygen atoms in total. The summed E-state index contributed by atoms with van der Waals surface area (Å²) in [5, 5.41) is 19.6. The first-order valence-corrected chi connectivity index (χ1v) is 3.65. The summed E-state index contributed by atoms with van der Waals surface area (Å²) in [6.45, 7) is 0. The SMILES string of the molecule is CNC(=O)c1ccc(N(O)O)cc1. The first-order chi connectivity index (χ1) is 6.15. The number of carbonyl (C=O) groups excluding carboxylic acids is 1. The van der Waals surface area contributed by atoms with E-state index in [1.807, 2.05) is 0 Å². The van der Waals surface area contributed by atoms with E-state index in [1.165, 1.54) is 31.3 Å². The molecule has 5 heteroatoms. The minimum absolute atomic E-state index is 0.00632. The van der Waals surface area contributed by atoms with E-state index < -0.39 is 0 Å². The second-order valence-corrected chi connectivity index (χ2v) is 2.42. The topological polar surface area (TPSA) is 72.8 Å². The molecule has 70 valence electrons. The minimum Gasteiger partial charge on any atom is -0.355 e. The van der Waals surface area contributed by atoms with Crippen LogP contribution in [0.15, 0.2) is 24.3 Å². The van der Waals surface area contributed by atoms with E-state index in [1.54, 1.807) is 0 Å². The largest absolute Gasteiger partial charge is 0.355 e. The van der Waals surface area contributed by atoms with Gasteiger partial charge in [0.05, 0.1) is 5.69 Å². The molecule has 0 aromatic heterocycles. The van der Waals surface area contributed by atoms with Crippen molar-refractivity contribution in [3.8, 4) is 0 Å². The normalized spacial score (nSPS) is 9.46. The maximum atomic E-state index is 11.0. The van der Waals surface area contributed by atoms with Crippen LogP contribution in [0.3, 0.4) is 0 Å². The quantitative estimate of drug-likeness (QED) is 0.586. The molecule has 3 N–H and O–H groups in total. The Morgan fingerprint density at radius 3 is 2.23 bits per heavy atom. The van der Waals surface area contributed by atoms with Gasteiger partial charge in [-0.05, 0) is 24.3 Å². The predicted molar refractivity (Wildman–Crippen MR) is 45.9 cm³/mol. The summed E-state index contributed by atoms with van der Waals surface area (Å²) >= 11 is 0. The van der Waals surface area contributed by atoms with Gasteiger partial charge in [-0.3, -0.25) is 15.2 Å². The van der Waals surface area contributed by atoms with Gasteiger partial charge in [0, 0.05) is 12.6 Å². The molecular formula is C8H10N2O3. The zero-order chi connectivity index (χ0) is 9.84. The Bertz CT molecular complexity index is 295. The number of nitrogens with zero attached hydrogens (tertiary/aromatic N) is 1. The van der Waals surface area contributed by atoms with Crippen LogP contribution >= 0.6 is 0 Å². The van der Waals surface area contributed by atoms with E-state index in [2.05, 4.69) is 5.32 Å². The summed E-state index contributed by atoms with van der Waals surface area (Å²) in [6, 6.07) is 5.83. The Kier molecular flexibility index (Phi) is 2.84. The Morgan fingerprint density at radius 1 is 1.31 bits per heavy atom. The smallest absolute Gasteiger partial charge is 0.251 e. The molecule has 1 aromatic rings. The molecule has 0 aliphatic carbocycles. The first-order valence-electron chi connectivity index (χ1n) is 3.65. The molecular weight excluding hydrogens is 172 g/mol. The van der Waals surface area contributed by atoms with Gasteiger partial charge in [0.25, 0.3) is 5.91 Å². The first kappa shape index (κ1) is 9.50. The fraction of sp³-hybridized carbons (Fsp3) is 0.125. The summed E-state index contributed by atoms with van der Waals surface area (Å²) in [4.78, 5) is 11.0. The van der Waals surface area contributed by atoms with Crippen molar-refractivity contribution < 1.29 is 15.2 Å². The fourth-order valence-electron chi connectivity index (χ4n) is 0.890. The lowest BCUT2D eigenvalue weighted by atomic mass is 10.2. The lowest BCUT2D eigenvalue weighted by molar-refractivity contribution is 0.0291. The maximum Gasteiger partial charge on any atom is 0.251 e. The van der Waals surface area contributed by atoms with Crippen LogP contribution in [0.2, 0.25) is 0 Å². The third-order valence-corrected chi connectivity index (χ3v) is 1.59. The number of carbonyl (C=O) groups is 1. The van der Waals surface area contributed by atoms with Gasteiger partial charge in [-0.25, -0.2) is 0 Å². The number of hydrogen-bond donors (Lipinski definition) is 3. The van der Waals surface area contributed by atoms with Crippen LogP contribution in [0.5, 0.6) is 0 Å². The highest BCUT2D eigenvalue weighted by Gasteiger charge is 2.03. The molecule has 0 spiro atoms. The number of benzene rings is 1. The molecule has 1 amide bonds. The van der Waals surface area contributed by atoms with Gasteiger partial charge in [-0.2, -0.15) is 0 Å². The van der Waals surface area contributed by atoms with Crippen molar-refractivity contribution in [2.75, 3.05) is 12.3 Å². The Balaban J connectivity index is 2.87. The van der Waals surface area contributed by atoms with Crippen molar-refractivity contribution in [2.24, 2.45) is 0 Å². The number of nitrogens with one attached hydrogen (secondary N) is 1. The second-order valence-electron chi connectivity index (χ2n) is 2.42. The Morgan fingerprint density at radius 2 is 1.85 bits per heavy atom. The summed E-state index contributed by atoms with van der Waals surface area (Å²) in [6.07, 6.45) is 0. The van der Waals surface area contributed by atoms with Gasteiger partial charge in [-0.15, -0.1) is 5.23 Å². The van der Waals surface area contributed by atoms with E-state index in [-0.39, 0.29) is 16.8 Å². The van der Waals surface area contributed by atoms with Gasteiger partial charge >= 0.3 is 0 Å². The summed E-state index contributed by atoms with van der Waals surface area (Å²) in [5.41, 5.74) is 0.667. The molecule has 1 rings (SSSR count). The molecule has 0 fully saturated rings. The van der Waals surface area contributed by atoms with Crippen molar-refractivity contribution in [3.63, 3.8) is 0 Å². The molecule has 0 aliphatic rings. The second kappa shape index (κ2) is 3.88. The van der Waals surface area contributed by atoms with E-state index in [0.717, 1.165) is 0 Å². The highest BCUT2D eigenvalue weighted by molar-refractivity contribution is 5.94. The van der Waals surface area contributed by atoms with Gasteiger partial charge in [0.15, 0.2) is 0 Å². The van der Waals surface area contributed by atoms with Crippen LogP contribution in [0.4, 0.5) is 5.69 Å². The van der Waals surface area contributed by atoms with Crippen LogP contribution in [-0.2, 0) is 0 Å². The number of hydrogen-bond acceptors (Lipinski definition) is 4. The fourth-order valence-corrected chi connectivity index (χ4v) is 0.890. The number of rotatable bonds is 2. The molecule has 0 saturated heterocycles. The summed E-state index contributed by atoms with van der Waals surface area (Å²) in [7, 11) is 1.53. The van der Waals surface area contributed by atoms with E-state index in [4.69, 9.17) is 10.4 Å². The van der Waals surface area contributed by atoms with Crippen molar-refractivity contribution in [3.05, 3.63) is 29.8 Å². The molecule has 0 atom stereocenters. The average molecular weight is 182 g/mol. The van der Waals surface area contributed by atoms with Gasteiger partial charge in [0.2, 0.25) is 0 Å². The van der Waals surface area contributed by atoms with Crippen LogP contribution in [-0.4, -0.2) is 23.4 Å². The Hall–Kier alpha value is -1.59. The van der Waals surface area contributed by atoms with E-state index >= 15 is 0 Å². The average Bonchev–Trinajstić information content (AvgIpc) is 2.17. The molecule has 0 heterocycles. The lowest BCUT2D eigenvalue weighted by Crippen LogP contribution is -2.18. The predicted octanol–water partition coefficient (Wildman–Crippen LogP) is 0.631. The van der Waals surface area contributed by atoms with Crippen molar-refractivity contribution in [1.29, 1.82) is 0 Å². The number of anilines is 1. The third-order valence-electron chi connectivity index (χ3n) is 1.59. The zero-order valence-corrected chi connectivity index (χ0v) is 7.06. The molecule has 1 aromatic carbocycles. The standard InChI is InChI=1S/C8H10N2O3/c1-9-8(11)6-2-4-7(5-3-6)10(12)13/h2-5,12-13H,1H3,(H,9,11). The maximum absolute atomic E-state index is 11.0. The van der Waals surface area contributed by atoms with Gasteiger partial charge in [0.1, 0.15) is 0 Å². The number of amides is 1. The van der Waals surface area contributed by atoms with Crippen LogP contribution in [0.1, 0.15) is 10.4 Å². The molecule has 0 bridgehead atoms. The molecule has 0 radical (unpaired) electrons. The van der Waals surface area contributed by atoms with Crippen molar-refractivity contribution >= 4 is 11.6 Å². The molecule has 0 aliphatic heterocycles. The summed E-state index contributed by atoms with van der Waals surface area (Å²) in [5.74, 6) is -0.214. The molecule has 0 saturated carbocycles. The Labute approximate surface area is 75.1 Å². The van der Waals surface area contributed by atoms with Crippen molar-refractivity contribution in [1.82, 2.24) is 5.32 Å². The van der Waals surface area contributed by atoms with Gasteiger partial charge in [-0.1, -0.05) is 0 Å². The van der Waals surface area contributed by atoms with E-state index in [0.29, 0.717) is 5.56 Å². The molecule has 13 heavy (non-hydrogen) atoms. The van der Waals surface area contributed by atoms with Crippen LogP contribution < -0.4 is 10.5 Å². The third kappa shape index (κ3) is 2.17. The molecule has 0 unspecified atom stereocenters. The monoisotopic (exact) mass is 182 g/mol. The van der Waals surface area contributed by atoms with Gasteiger partial charge < -0.3 is 5.32 Å². The highest BCUT2D eigenvalue weighted by Crippen LogP contribution is 2.11. The minimum atomic E-state index is -0.214. The summed E-state index contributed by atoms with van der Waals surface area (Å²) < 4.78 is 0. The lowest BCUT2D eigenvalue weighted by Gasteiger charge is -2.07. The van der Waals surface area contributed by atoms with Crippen molar-refractivity contribution in [2.45, 2.75) is 0 Å². The van der Waals surface area contributed by atoms with Crippen LogP contribution in [0, 0.1) is 0 Å².